The van der Waals surface area contributed by atoms with E-state index in [1.807, 2.05) is 6.07 Å². The van der Waals surface area contributed by atoms with Crippen molar-refractivity contribution in [1.29, 1.82) is 0 Å². The highest BCUT2D eigenvalue weighted by atomic mass is 35.5. The normalized spacial score (nSPS) is 11.0. The molecule has 3 nitrogen and oxygen atoms in total. The van der Waals surface area contributed by atoms with Crippen LogP contribution in [0, 0.1) is 0 Å². The van der Waals surface area contributed by atoms with E-state index in [2.05, 4.69) is 4.98 Å². The second-order valence-corrected chi connectivity index (χ2v) is 6.17. The molecular formula is C17H12Cl3NO2. The van der Waals surface area contributed by atoms with E-state index in [0.29, 0.717) is 27.4 Å². The summed E-state index contributed by atoms with van der Waals surface area (Å²) in [6, 6.07) is 10.6. The molecule has 3 rings (SSSR count). The Morgan fingerprint density at radius 3 is 2.52 bits per heavy atom. The predicted molar refractivity (Wildman–Crippen MR) is 94.7 cm³/mol. The first kappa shape index (κ1) is 16.2. The predicted octanol–water partition coefficient (Wildman–Crippen LogP) is 5.97. The number of halogens is 3. The van der Waals surface area contributed by atoms with Gasteiger partial charge in [-0.25, -0.2) is 4.79 Å². The van der Waals surface area contributed by atoms with Crippen LogP contribution >= 0.6 is 34.8 Å². The number of aromatic nitrogens is 1. The molecule has 2 aromatic carbocycles. The van der Waals surface area contributed by atoms with Crippen molar-refractivity contribution in [3.8, 4) is 11.3 Å². The van der Waals surface area contributed by atoms with E-state index < -0.39 is 5.97 Å². The molecule has 0 fully saturated rings. The van der Waals surface area contributed by atoms with Gasteiger partial charge in [0.2, 0.25) is 0 Å². The maximum Gasteiger partial charge on any atom is 0.355 e. The largest absolute Gasteiger partial charge is 0.461 e. The summed E-state index contributed by atoms with van der Waals surface area (Å²) in [5.41, 5.74) is 1.94. The van der Waals surface area contributed by atoms with Crippen LogP contribution in [0.5, 0.6) is 0 Å². The highest BCUT2D eigenvalue weighted by Crippen LogP contribution is 2.35. The Morgan fingerprint density at radius 1 is 1.04 bits per heavy atom. The van der Waals surface area contributed by atoms with Gasteiger partial charge in [0, 0.05) is 21.4 Å². The van der Waals surface area contributed by atoms with Crippen molar-refractivity contribution in [2.45, 2.75) is 6.92 Å². The SMILES string of the molecule is CCOC(=O)c1[nH]c(-c2ccc(Cl)c(Cl)c2)c2cc(Cl)ccc12. The molecule has 0 aliphatic rings. The summed E-state index contributed by atoms with van der Waals surface area (Å²) in [5, 5.41) is 3.04. The fourth-order valence-electron chi connectivity index (χ4n) is 2.44. The third kappa shape index (κ3) is 3.05. The van der Waals surface area contributed by atoms with Gasteiger partial charge in [0.05, 0.1) is 22.3 Å². The number of aromatic amines is 1. The molecule has 0 bridgehead atoms. The summed E-state index contributed by atoms with van der Waals surface area (Å²) in [6.07, 6.45) is 0. The first-order valence-electron chi connectivity index (χ1n) is 6.95. The zero-order valence-electron chi connectivity index (χ0n) is 12.1. The van der Waals surface area contributed by atoms with E-state index >= 15 is 0 Å². The molecule has 3 aromatic rings. The summed E-state index contributed by atoms with van der Waals surface area (Å²) in [5.74, 6) is -0.411. The first-order valence-corrected chi connectivity index (χ1v) is 8.08. The van der Waals surface area contributed by atoms with Crippen LogP contribution in [-0.4, -0.2) is 17.6 Å². The van der Waals surface area contributed by atoms with Crippen LogP contribution in [-0.2, 0) is 4.74 Å². The van der Waals surface area contributed by atoms with Crippen molar-refractivity contribution in [3.05, 3.63) is 57.2 Å². The minimum atomic E-state index is -0.411. The molecule has 1 N–H and O–H groups in total. The number of fused-ring (bicyclic) bond motifs is 1. The van der Waals surface area contributed by atoms with Crippen LogP contribution in [0.3, 0.4) is 0 Å². The Bertz CT molecular complexity index is 902. The molecule has 0 aliphatic carbocycles. The van der Waals surface area contributed by atoms with E-state index in [-0.39, 0.29) is 0 Å². The van der Waals surface area contributed by atoms with E-state index in [1.54, 1.807) is 37.3 Å². The van der Waals surface area contributed by atoms with Gasteiger partial charge < -0.3 is 9.72 Å². The second-order valence-electron chi connectivity index (χ2n) is 4.91. The Balaban J connectivity index is 2.25. The van der Waals surface area contributed by atoms with Crippen LogP contribution in [0.1, 0.15) is 17.4 Å². The van der Waals surface area contributed by atoms with Gasteiger partial charge in [-0.05, 0) is 31.2 Å². The van der Waals surface area contributed by atoms with Gasteiger partial charge in [0.1, 0.15) is 5.69 Å². The molecule has 0 saturated carbocycles. The van der Waals surface area contributed by atoms with Gasteiger partial charge in [-0.3, -0.25) is 0 Å². The summed E-state index contributed by atoms with van der Waals surface area (Å²) >= 11 is 18.2. The third-order valence-corrected chi connectivity index (χ3v) is 4.43. The molecule has 0 unspecified atom stereocenters. The minimum Gasteiger partial charge on any atom is -0.461 e. The molecule has 1 heterocycles. The van der Waals surface area contributed by atoms with Crippen molar-refractivity contribution in [1.82, 2.24) is 4.98 Å². The van der Waals surface area contributed by atoms with Crippen LogP contribution in [0.15, 0.2) is 36.4 Å². The summed E-state index contributed by atoms with van der Waals surface area (Å²) in [6.45, 7) is 2.06. The summed E-state index contributed by atoms with van der Waals surface area (Å²) in [4.78, 5) is 15.3. The molecule has 118 valence electrons. The van der Waals surface area contributed by atoms with Gasteiger partial charge in [0.25, 0.3) is 0 Å². The lowest BCUT2D eigenvalue weighted by Crippen LogP contribution is -2.05. The average Bonchev–Trinajstić information content (AvgIpc) is 2.89. The fourth-order valence-corrected chi connectivity index (χ4v) is 2.91. The van der Waals surface area contributed by atoms with Crippen molar-refractivity contribution < 1.29 is 9.53 Å². The van der Waals surface area contributed by atoms with Gasteiger partial charge in [-0.15, -0.1) is 0 Å². The number of carbonyl (C=O) groups excluding carboxylic acids is 1. The highest BCUT2D eigenvalue weighted by molar-refractivity contribution is 6.42. The number of ether oxygens (including phenoxy) is 1. The lowest BCUT2D eigenvalue weighted by molar-refractivity contribution is 0.0522. The number of benzene rings is 2. The molecular weight excluding hydrogens is 357 g/mol. The Morgan fingerprint density at radius 2 is 1.83 bits per heavy atom. The van der Waals surface area contributed by atoms with Crippen molar-refractivity contribution in [3.63, 3.8) is 0 Å². The monoisotopic (exact) mass is 367 g/mol. The number of hydrogen-bond donors (Lipinski definition) is 1. The van der Waals surface area contributed by atoms with E-state index in [0.717, 1.165) is 22.0 Å². The topological polar surface area (TPSA) is 42.1 Å². The van der Waals surface area contributed by atoms with Gasteiger partial charge >= 0.3 is 5.97 Å². The molecule has 6 heteroatoms. The number of H-pyrrole nitrogens is 1. The molecule has 0 spiro atoms. The zero-order valence-corrected chi connectivity index (χ0v) is 14.4. The quantitative estimate of drug-likeness (QED) is 0.578. The number of nitrogens with one attached hydrogen (secondary N) is 1. The van der Waals surface area contributed by atoms with Crippen LogP contribution in [0.2, 0.25) is 15.1 Å². The average molecular weight is 369 g/mol. The standard InChI is InChI=1S/C17H12Cl3NO2/c1-2-23-17(22)16-11-5-4-10(18)8-12(11)15(21-16)9-3-6-13(19)14(20)7-9/h3-8,21H,2H2,1H3. The number of carbonyl (C=O) groups is 1. The second kappa shape index (κ2) is 6.44. The van der Waals surface area contributed by atoms with Gasteiger partial charge in [0.15, 0.2) is 0 Å². The van der Waals surface area contributed by atoms with Crippen LogP contribution in [0.25, 0.3) is 22.0 Å². The Hall–Kier alpha value is -1.68. The van der Waals surface area contributed by atoms with Gasteiger partial charge in [-0.1, -0.05) is 46.9 Å². The molecule has 23 heavy (non-hydrogen) atoms. The number of rotatable bonds is 3. The first-order chi connectivity index (χ1) is 11.0. The minimum absolute atomic E-state index is 0.301. The maximum absolute atomic E-state index is 12.2. The molecule has 0 saturated heterocycles. The summed E-state index contributed by atoms with van der Waals surface area (Å²) in [7, 11) is 0. The van der Waals surface area contributed by atoms with Crippen molar-refractivity contribution in [2.24, 2.45) is 0 Å². The maximum atomic E-state index is 12.2. The molecule has 0 radical (unpaired) electrons. The fraction of sp³-hybridized carbons (Fsp3) is 0.118. The molecule has 0 atom stereocenters. The molecule has 0 aliphatic heterocycles. The lowest BCUT2D eigenvalue weighted by atomic mass is 10.1. The van der Waals surface area contributed by atoms with Crippen LogP contribution in [0.4, 0.5) is 0 Å². The number of hydrogen-bond acceptors (Lipinski definition) is 2. The van der Waals surface area contributed by atoms with Crippen LogP contribution < -0.4 is 0 Å². The van der Waals surface area contributed by atoms with E-state index in [9.17, 15) is 4.79 Å². The summed E-state index contributed by atoms with van der Waals surface area (Å²) < 4.78 is 5.11. The lowest BCUT2D eigenvalue weighted by Gasteiger charge is -2.02. The Labute approximate surface area is 148 Å². The number of esters is 1. The highest BCUT2D eigenvalue weighted by Gasteiger charge is 2.19. The van der Waals surface area contributed by atoms with Gasteiger partial charge in [-0.2, -0.15) is 0 Å². The van der Waals surface area contributed by atoms with Crippen molar-refractivity contribution in [2.75, 3.05) is 6.61 Å². The van der Waals surface area contributed by atoms with E-state index in [4.69, 9.17) is 39.5 Å². The zero-order chi connectivity index (χ0) is 16.6. The van der Waals surface area contributed by atoms with E-state index in [1.165, 1.54) is 0 Å². The van der Waals surface area contributed by atoms with Crippen molar-refractivity contribution >= 4 is 51.5 Å². The molecule has 1 aromatic heterocycles. The molecule has 0 amide bonds. The third-order valence-electron chi connectivity index (χ3n) is 3.46. The smallest absolute Gasteiger partial charge is 0.355 e. The Kier molecular flexibility index (Phi) is 4.53.